The van der Waals surface area contributed by atoms with Crippen LogP contribution in [0.3, 0.4) is 0 Å². The predicted octanol–water partition coefficient (Wildman–Crippen LogP) is 3.08. The molecule has 0 heterocycles. The molecular formula is C8H19Br2N. The second-order valence-electron chi connectivity index (χ2n) is 2.91. The Hall–Kier alpha value is 0.920. The highest BCUT2D eigenvalue weighted by molar-refractivity contribution is 9.09. The first-order valence-electron chi connectivity index (χ1n) is 3.98. The van der Waals surface area contributed by atoms with Gasteiger partial charge in [0, 0.05) is 5.33 Å². The van der Waals surface area contributed by atoms with Crippen LogP contribution >= 0.6 is 32.9 Å². The van der Waals surface area contributed by atoms with Gasteiger partial charge in [0.25, 0.3) is 0 Å². The van der Waals surface area contributed by atoms with Crippen molar-refractivity contribution < 1.29 is 0 Å². The summed E-state index contributed by atoms with van der Waals surface area (Å²) in [4.78, 5) is 2.24. The zero-order valence-corrected chi connectivity index (χ0v) is 10.8. The zero-order chi connectivity index (χ0) is 7.82. The Kier molecular flexibility index (Phi) is 14.3. The molecule has 0 saturated carbocycles. The van der Waals surface area contributed by atoms with E-state index in [1.54, 1.807) is 0 Å². The van der Waals surface area contributed by atoms with Crippen molar-refractivity contribution in [3.8, 4) is 0 Å². The summed E-state index contributed by atoms with van der Waals surface area (Å²) < 4.78 is 0. The number of hydrogen-bond donors (Lipinski definition) is 0. The van der Waals surface area contributed by atoms with Gasteiger partial charge >= 0.3 is 0 Å². The van der Waals surface area contributed by atoms with Crippen molar-refractivity contribution >= 4 is 32.9 Å². The maximum absolute atomic E-state index is 3.42. The Labute approximate surface area is 89.4 Å². The van der Waals surface area contributed by atoms with E-state index in [1.807, 2.05) is 0 Å². The fraction of sp³-hybridized carbons (Fsp3) is 1.00. The third-order valence-corrected chi connectivity index (χ3v) is 2.05. The molecule has 0 saturated heterocycles. The number of alkyl halides is 1. The first-order chi connectivity index (χ1) is 4.77. The van der Waals surface area contributed by atoms with Gasteiger partial charge in [-0.15, -0.1) is 17.0 Å². The van der Waals surface area contributed by atoms with Crippen molar-refractivity contribution in [2.24, 2.45) is 0 Å². The second-order valence-corrected chi connectivity index (χ2v) is 3.70. The van der Waals surface area contributed by atoms with Crippen LogP contribution in [0.1, 0.15) is 25.7 Å². The van der Waals surface area contributed by atoms with Crippen LogP contribution in [-0.2, 0) is 0 Å². The summed E-state index contributed by atoms with van der Waals surface area (Å²) in [6.45, 7) is 1.24. The van der Waals surface area contributed by atoms with Crippen LogP contribution in [0.2, 0.25) is 0 Å². The molecule has 0 atom stereocenters. The average molecular weight is 289 g/mol. The summed E-state index contributed by atoms with van der Waals surface area (Å²) in [6.07, 6.45) is 5.43. The molecule has 0 spiro atoms. The molecule has 0 aromatic carbocycles. The van der Waals surface area contributed by atoms with Crippen molar-refractivity contribution in [1.82, 2.24) is 4.90 Å². The van der Waals surface area contributed by atoms with Crippen LogP contribution < -0.4 is 0 Å². The van der Waals surface area contributed by atoms with Crippen LogP contribution in [0.25, 0.3) is 0 Å². The van der Waals surface area contributed by atoms with Gasteiger partial charge in [0.15, 0.2) is 0 Å². The number of rotatable bonds is 6. The summed E-state index contributed by atoms with van der Waals surface area (Å²) in [5.41, 5.74) is 0. The summed E-state index contributed by atoms with van der Waals surface area (Å²) in [5.74, 6) is 0. The molecule has 0 amide bonds. The van der Waals surface area contributed by atoms with E-state index in [0.717, 1.165) is 5.33 Å². The summed E-state index contributed by atoms with van der Waals surface area (Å²) in [6, 6.07) is 0. The average Bonchev–Trinajstić information content (AvgIpc) is 1.87. The Balaban J connectivity index is 0. The van der Waals surface area contributed by atoms with E-state index in [2.05, 4.69) is 34.9 Å². The van der Waals surface area contributed by atoms with Crippen LogP contribution in [0.5, 0.6) is 0 Å². The van der Waals surface area contributed by atoms with Gasteiger partial charge < -0.3 is 4.90 Å². The van der Waals surface area contributed by atoms with E-state index in [4.69, 9.17) is 0 Å². The number of nitrogens with zero attached hydrogens (tertiary/aromatic N) is 1. The SMILES string of the molecule is Br.CN(C)CCCCCCBr. The second kappa shape index (κ2) is 10.9. The molecule has 70 valence electrons. The molecule has 0 aliphatic carbocycles. The highest BCUT2D eigenvalue weighted by Gasteiger charge is 1.90. The normalized spacial score (nSPS) is 9.82. The lowest BCUT2D eigenvalue weighted by molar-refractivity contribution is 0.391. The molecule has 0 aliphatic heterocycles. The minimum atomic E-state index is 0. The van der Waals surface area contributed by atoms with Crippen LogP contribution in [0, 0.1) is 0 Å². The number of halogens is 2. The van der Waals surface area contributed by atoms with Crippen LogP contribution in [0.4, 0.5) is 0 Å². The molecule has 0 bridgehead atoms. The summed E-state index contributed by atoms with van der Waals surface area (Å²) in [7, 11) is 4.26. The Morgan fingerprint density at radius 1 is 1.00 bits per heavy atom. The van der Waals surface area contributed by atoms with E-state index < -0.39 is 0 Å². The Bertz CT molecular complexity index is 67.1. The van der Waals surface area contributed by atoms with E-state index >= 15 is 0 Å². The molecule has 3 heteroatoms. The molecule has 1 nitrogen and oxygen atoms in total. The predicted molar refractivity (Wildman–Crippen MR) is 61.1 cm³/mol. The van der Waals surface area contributed by atoms with Crippen LogP contribution in [-0.4, -0.2) is 30.9 Å². The summed E-state index contributed by atoms with van der Waals surface area (Å²) >= 11 is 3.42. The van der Waals surface area contributed by atoms with Crippen molar-refractivity contribution in [2.45, 2.75) is 25.7 Å². The van der Waals surface area contributed by atoms with E-state index in [0.29, 0.717) is 0 Å². The van der Waals surface area contributed by atoms with Crippen molar-refractivity contribution in [2.75, 3.05) is 26.0 Å². The molecule has 0 fully saturated rings. The molecule has 0 unspecified atom stereocenters. The molecule has 0 radical (unpaired) electrons. The van der Waals surface area contributed by atoms with Gasteiger partial charge in [-0.05, 0) is 33.5 Å². The third kappa shape index (κ3) is 13.9. The smallest absolute Gasteiger partial charge is 0.00313 e. The van der Waals surface area contributed by atoms with Gasteiger partial charge in [-0.2, -0.15) is 0 Å². The number of hydrogen-bond acceptors (Lipinski definition) is 1. The highest BCUT2D eigenvalue weighted by atomic mass is 79.9. The molecule has 0 N–H and O–H groups in total. The van der Waals surface area contributed by atoms with Gasteiger partial charge in [0.2, 0.25) is 0 Å². The van der Waals surface area contributed by atoms with E-state index in [1.165, 1.54) is 32.2 Å². The fourth-order valence-corrected chi connectivity index (χ4v) is 1.27. The molecule has 0 aliphatic rings. The Morgan fingerprint density at radius 3 is 2.00 bits per heavy atom. The maximum atomic E-state index is 3.42. The lowest BCUT2D eigenvalue weighted by atomic mass is 10.2. The van der Waals surface area contributed by atoms with Gasteiger partial charge in [0.05, 0.1) is 0 Å². The van der Waals surface area contributed by atoms with Crippen molar-refractivity contribution in [3.05, 3.63) is 0 Å². The van der Waals surface area contributed by atoms with Gasteiger partial charge in [-0.25, -0.2) is 0 Å². The monoisotopic (exact) mass is 287 g/mol. The topological polar surface area (TPSA) is 3.24 Å². The maximum Gasteiger partial charge on any atom is 0.00313 e. The van der Waals surface area contributed by atoms with Gasteiger partial charge in [-0.3, -0.25) is 0 Å². The molecule has 0 aromatic heterocycles. The minimum absolute atomic E-state index is 0. The first-order valence-corrected chi connectivity index (χ1v) is 5.10. The highest BCUT2D eigenvalue weighted by Crippen LogP contribution is 2.01. The molecule has 0 aromatic rings. The van der Waals surface area contributed by atoms with Gasteiger partial charge in [0.1, 0.15) is 0 Å². The Morgan fingerprint density at radius 2 is 1.55 bits per heavy atom. The van der Waals surface area contributed by atoms with Crippen molar-refractivity contribution in [1.29, 1.82) is 0 Å². The van der Waals surface area contributed by atoms with E-state index in [9.17, 15) is 0 Å². The minimum Gasteiger partial charge on any atom is -0.309 e. The number of unbranched alkanes of at least 4 members (excludes halogenated alkanes) is 3. The quantitative estimate of drug-likeness (QED) is 0.536. The van der Waals surface area contributed by atoms with Crippen LogP contribution in [0.15, 0.2) is 0 Å². The van der Waals surface area contributed by atoms with Crippen molar-refractivity contribution in [3.63, 3.8) is 0 Å². The fourth-order valence-electron chi connectivity index (χ4n) is 0.876. The molecule has 0 rings (SSSR count). The lowest BCUT2D eigenvalue weighted by Gasteiger charge is -2.07. The third-order valence-electron chi connectivity index (χ3n) is 1.49. The first kappa shape index (κ1) is 14.4. The van der Waals surface area contributed by atoms with Gasteiger partial charge in [-0.1, -0.05) is 28.8 Å². The lowest BCUT2D eigenvalue weighted by Crippen LogP contribution is -2.12. The summed E-state index contributed by atoms with van der Waals surface area (Å²) in [5, 5.41) is 1.16. The molecular weight excluding hydrogens is 270 g/mol. The zero-order valence-electron chi connectivity index (χ0n) is 7.48. The van der Waals surface area contributed by atoms with E-state index in [-0.39, 0.29) is 17.0 Å². The standard InChI is InChI=1S/C8H18BrN.BrH/c1-10(2)8-6-4-3-5-7-9;/h3-8H2,1-2H3;1H. The largest absolute Gasteiger partial charge is 0.309 e. The molecule has 11 heavy (non-hydrogen) atoms.